The van der Waals surface area contributed by atoms with Crippen LogP contribution in [0.3, 0.4) is 0 Å². The minimum absolute atomic E-state index is 0.187. The number of hydrogen-bond acceptors (Lipinski definition) is 11. The molecule has 96 heavy (non-hydrogen) atoms. The summed E-state index contributed by atoms with van der Waals surface area (Å²) in [5.74, 6) is 6.46. The van der Waals surface area contributed by atoms with Gasteiger partial charge in [0.2, 0.25) is 0 Å². The number of nitrogens with zero attached hydrogens (tertiary/aromatic N) is 5. The van der Waals surface area contributed by atoms with E-state index in [4.69, 9.17) is 23.9 Å². The number of ether oxygens (including phenoxy) is 4. The Balaban J connectivity index is 0.000000133. The number of aliphatic carboxylic acids is 1. The molecule has 14 rings (SSSR count). The van der Waals surface area contributed by atoms with Crippen LogP contribution in [0, 0.1) is 43.4 Å². The smallest absolute Gasteiger partial charge is 0.306 e. The van der Waals surface area contributed by atoms with E-state index in [1.54, 1.807) is 12.3 Å². The highest BCUT2D eigenvalue weighted by atomic mass is 79.9. The molecule has 2 atom stereocenters. The van der Waals surface area contributed by atoms with Gasteiger partial charge in [-0.25, -0.2) is 0 Å². The summed E-state index contributed by atoms with van der Waals surface area (Å²) in [6.07, 6.45) is 39.4. The molecule has 4 aromatic carbocycles. The number of halogens is 3. The number of carbonyl (C=O) groups is 2. The average Bonchev–Trinajstić information content (AvgIpc) is 0.812. The van der Waals surface area contributed by atoms with Gasteiger partial charge in [-0.2, -0.15) is 0 Å². The molecule has 4 saturated carbocycles. The third-order valence-electron chi connectivity index (χ3n) is 22.1. The van der Waals surface area contributed by atoms with Crippen molar-refractivity contribution in [2.24, 2.45) is 29.6 Å². The second-order valence-corrected chi connectivity index (χ2v) is 30.8. The lowest BCUT2D eigenvalue weighted by atomic mass is 9.78. The lowest BCUT2D eigenvalue weighted by Gasteiger charge is -2.48. The van der Waals surface area contributed by atoms with Crippen LogP contribution in [-0.2, 0) is 11.3 Å². The number of rotatable bonds is 16. The largest absolute Gasteiger partial charge is 0.490 e. The molecule has 6 fully saturated rings. The van der Waals surface area contributed by atoms with Crippen molar-refractivity contribution in [3.63, 3.8) is 0 Å². The molecule has 4 aliphatic carbocycles. The Morgan fingerprint density at radius 3 is 1.31 bits per heavy atom. The number of fused-ring (bicyclic) bond motifs is 6. The summed E-state index contributed by atoms with van der Waals surface area (Å²) < 4.78 is 27.9. The van der Waals surface area contributed by atoms with Gasteiger partial charge >= 0.3 is 5.97 Å². The van der Waals surface area contributed by atoms with E-state index < -0.39 is 5.97 Å². The molecule has 0 amide bonds. The molecule has 2 aliphatic heterocycles. The van der Waals surface area contributed by atoms with Crippen molar-refractivity contribution in [1.29, 1.82) is 0 Å². The van der Waals surface area contributed by atoms with Crippen LogP contribution in [0.2, 0.25) is 0 Å². The molecule has 2 bridgehead atoms. The van der Waals surface area contributed by atoms with Gasteiger partial charge in [-0.1, -0.05) is 84.1 Å². The average molecular weight is 1500 g/mol. The first-order chi connectivity index (χ1) is 46.6. The Hall–Kier alpha value is -5.74. The predicted octanol–water partition coefficient (Wildman–Crippen LogP) is 22.3. The SMILES string of the molecule is CCC1CCC(Oc2ccc3cc(C)ncc3c2)CC1.CCC1CCC(Oc2ccc3cc(C)ncc3c2Br)CC1.CCC1CCC(Oc2ccc3cc(C=O)ncc3c2Br)CC1.CCC1CCC(Oc2ccc3cc(CN4C5CCCC4CC(C(=O)O)C5)ncc3c2Br)CC1. The fraction of sp³-hybridized carbons (Fsp3) is 0.531. The summed E-state index contributed by atoms with van der Waals surface area (Å²) in [4.78, 5) is 42.6. The van der Waals surface area contributed by atoms with Crippen LogP contribution in [0.15, 0.2) is 117 Å². The van der Waals surface area contributed by atoms with Gasteiger partial charge in [0.15, 0.2) is 6.29 Å². The maximum Gasteiger partial charge on any atom is 0.306 e. The molecule has 0 radical (unpaired) electrons. The molecule has 1 N–H and O–H groups in total. The zero-order valence-electron chi connectivity index (χ0n) is 57.4. The third-order valence-corrected chi connectivity index (χ3v) is 24.5. The van der Waals surface area contributed by atoms with Crippen molar-refractivity contribution in [2.45, 2.75) is 245 Å². The van der Waals surface area contributed by atoms with Crippen LogP contribution in [-0.4, -0.2) is 78.7 Å². The van der Waals surface area contributed by atoms with Crippen LogP contribution in [0.1, 0.15) is 216 Å². The number of benzene rings is 4. The third kappa shape index (κ3) is 18.6. The zero-order chi connectivity index (χ0) is 67.2. The first kappa shape index (κ1) is 71.5. The van der Waals surface area contributed by atoms with Crippen molar-refractivity contribution in [1.82, 2.24) is 24.8 Å². The van der Waals surface area contributed by atoms with E-state index in [-0.39, 0.29) is 5.92 Å². The van der Waals surface area contributed by atoms with Gasteiger partial charge in [0.1, 0.15) is 28.7 Å². The molecule has 4 aromatic heterocycles. The van der Waals surface area contributed by atoms with Crippen molar-refractivity contribution in [3.05, 3.63) is 140 Å². The van der Waals surface area contributed by atoms with Crippen LogP contribution in [0.5, 0.6) is 23.0 Å². The minimum Gasteiger partial charge on any atom is -0.490 e. The number of carbonyl (C=O) groups excluding carboxylic acids is 1. The number of carboxylic acids is 1. The van der Waals surface area contributed by atoms with E-state index in [2.05, 4.69) is 156 Å². The number of aryl methyl sites for hydroxylation is 2. The van der Waals surface area contributed by atoms with Gasteiger partial charge in [-0.05, 0) is 290 Å². The lowest BCUT2D eigenvalue weighted by molar-refractivity contribution is -0.146. The highest BCUT2D eigenvalue weighted by Gasteiger charge is 2.41. The first-order valence-corrected chi connectivity index (χ1v) is 38.7. The van der Waals surface area contributed by atoms with Gasteiger partial charge < -0.3 is 24.1 Å². The van der Waals surface area contributed by atoms with Gasteiger partial charge in [0.05, 0.1) is 49.4 Å². The number of hydrogen-bond donors (Lipinski definition) is 1. The number of aldehydes is 1. The minimum atomic E-state index is -0.628. The van der Waals surface area contributed by atoms with Gasteiger partial charge in [0, 0.05) is 76.3 Å². The molecule has 6 aliphatic rings. The van der Waals surface area contributed by atoms with Crippen LogP contribution < -0.4 is 18.9 Å². The number of pyridine rings is 4. The van der Waals surface area contributed by atoms with Crippen molar-refractivity contribution >= 4 is 103 Å². The van der Waals surface area contributed by atoms with E-state index in [0.717, 1.165) is 168 Å². The highest BCUT2D eigenvalue weighted by molar-refractivity contribution is 9.11. The number of piperidine rings is 2. The van der Waals surface area contributed by atoms with Gasteiger partial charge in [-0.15, -0.1) is 0 Å². The molecule has 6 heterocycles. The van der Waals surface area contributed by atoms with Gasteiger partial charge in [0.25, 0.3) is 0 Å². The molecule has 2 saturated heterocycles. The van der Waals surface area contributed by atoms with Crippen LogP contribution in [0.4, 0.5) is 0 Å². The summed E-state index contributed by atoms with van der Waals surface area (Å²) in [6, 6.07) is 27.7. The monoisotopic (exact) mass is 1490 g/mol. The van der Waals surface area contributed by atoms with E-state index in [0.29, 0.717) is 42.2 Å². The second kappa shape index (κ2) is 34.4. The Morgan fingerprint density at radius 1 is 0.469 bits per heavy atom. The summed E-state index contributed by atoms with van der Waals surface area (Å²) >= 11 is 11.1. The summed E-state index contributed by atoms with van der Waals surface area (Å²) in [5, 5.41) is 18.5. The quantitative estimate of drug-likeness (QED) is 0.0919. The normalized spacial score (nSPS) is 25.1. The van der Waals surface area contributed by atoms with E-state index in [9.17, 15) is 14.7 Å². The molecular weight excluding hydrogens is 1390 g/mol. The van der Waals surface area contributed by atoms with Gasteiger partial charge in [-0.3, -0.25) is 34.4 Å². The first-order valence-electron chi connectivity index (χ1n) is 36.3. The maximum atomic E-state index is 11.6. The second-order valence-electron chi connectivity index (χ2n) is 28.5. The molecule has 2 unspecified atom stereocenters. The fourth-order valence-electron chi connectivity index (χ4n) is 15.9. The van der Waals surface area contributed by atoms with E-state index >= 15 is 0 Å². The molecule has 0 spiro atoms. The standard InChI is InChI=1S/C27H35BrN2O3.C18H20BrNO2.C18H22BrNO.C18H23NO/c1-2-17-6-9-23(10-7-17)33-25-11-8-18-12-20(29-15-24(18)26(25)28)16-30-21-4-3-5-22(30)14-19(13-21)27(31)32;1-2-12-3-6-15(7-4-12)22-17-8-5-13-9-14(11-21)20-10-16(13)18(17)19;1-3-13-4-7-15(8-5-13)21-17-9-6-14-10-12(2)20-11-16(14)18(17)19;1-3-14-4-7-17(8-5-14)20-18-9-6-15-10-13(2)19-12-16(15)11-18/h8,11-12,15,17,19,21-23H,2-7,9-10,13-14,16H2,1H3,(H,31,32);5,8-12,15H,2-4,6-7H2,1H3;6,9-11,13,15H,3-5,7-8H2,1-2H3;6,9-12,14,17H,3-5,7-8H2,1-2H3. The zero-order valence-corrected chi connectivity index (χ0v) is 62.2. The maximum absolute atomic E-state index is 11.6. The Labute approximate surface area is 595 Å². The fourth-order valence-corrected chi connectivity index (χ4v) is 17.5. The van der Waals surface area contributed by atoms with Crippen LogP contribution in [0.25, 0.3) is 43.1 Å². The number of carboxylic acid groups (broad SMARTS) is 1. The predicted molar refractivity (Wildman–Crippen MR) is 399 cm³/mol. The molecule has 15 heteroatoms. The van der Waals surface area contributed by atoms with Crippen molar-refractivity contribution < 1.29 is 33.6 Å². The van der Waals surface area contributed by atoms with Crippen molar-refractivity contribution in [3.8, 4) is 23.0 Å². The summed E-state index contributed by atoms with van der Waals surface area (Å²) in [5.41, 5.74) is 3.61. The molecular formula is C81H100Br3N5O7. The molecule has 512 valence electrons. The highest BCUT2D eigenvalue weighted by Crippen LogP contribution is 2.42. The lowest BCUT2D eigenvalue weighted by Crippen LogP contribution is -2.52. The topological polar surface area (TPSA) is 146 Å². The molecule has 8 aromatic rings. The molecule has 12 nitrogen and oxygen atoms in total. The Bertz CT molecular complexity index is 3880. The summed E-state index contributed by atoms with van der Waals surface area (Å²) in [7, 11) is 0. The van der Waals surface area contributed by atoms with Crippen molar-refractivity contribution in [2.75, 3.05) is 0 Å². The van der Waals surface area contributed by atoms with Crippen LogP contribution >= 0.6 is 47.8 Å². The Kier molecular flexibility index (Phi) is 25.6. The Morgan fingerprint density at radius 2 is 0.865 bits per heavy atom. The van der Waals surface area contributed by atoms with E-state index in [1.807, 2.05) is 44.6 Å². The summed E-state index contributed by atoms with van der Waals surface area (Å²) in [6.45, 7) is 14.0. The van der Waals surface area contributed by atoms with E-state index in [1.165, 1.54) is 125 Å². The number of aromatic nitrogens is 4.